The SMILES string of the molecule is CCCN(CC(=O)Nc1ccccc1C)C(=O)Cc1cc(Cl)c2c(c1)OCCCO2. The van der Waals surface area contributed by atoms with Crippen LogP contribution in [0.3, 0.4) is 0 Å². The van der Waals surface area contributed by atoms with Crippen LogP contribution in [-0.2, 0) is 16.0 Å². The summed E-state index contributed by atoms with van der Waals surface area (Å²) in [4.78, 5) is 27.0. The van der Waals surface area contributed by atoms with Gasteiger partial charge in [-0.05, 0) is 42.7 Å². The Morgan fingerprint density at radius 3 is 2.70 bits per heavy atom. The van der Waals surface area contributed by atoms with Crippen molar-refractivity contribution >= 4 is 29.1 Å². The minimum Gasteiger partial charge on any atom is -0.489 e. The molecule has 0 unspecified atom stereocenters. The molecule has 0 saturated heterocycles. The summed E-state index contributed by atoms with van der Waals surface area (Å²) >= 11 is 6.34. The number of hydrogen-bond acceptors (Lipinski definition) is 4. The minimum absolute atomic E-state index is 0.000703. The second kappa shape index (κ2) is 10.3. The molecule has 0 atom stereocenters. The maximum atomic E-state index is 12.9. The first-order valence-electron chi connectivity index (χ1n) is 10.2. The predicted octanol–water partition coefficient (Wildman–Crippen LogP) is 4.23. The average Bonchev–Trinajstić information content (AvgIpc) is 2.95. The highest BCUT2D eigenvalue weighted by atomic mass is 35.5. The second-order valence-corrected chi connectivity index (χ2v) is 7.72. The van der Waals surface area contributed by atoms with E-state index in [0.717, 1.165) is 29.7 Å². The molecule has 0 fully saturated rings. The molecule has 1 heterocycles. The first kappa shape index (κ1) is 22.0. The number of anilines is 1. The van der Waals surface area contributed by atoms with Gasteiger partial charge in [0.05, 0.1) is 31.2 Å². The Bertz CT molecular complexity index is 916. The van der Waals surface area contributed by atoms with Crippen molar-refractivity contribution < 1.29 is 19.1 Å². The van der Waals surface area contributed by atoms with Crippen molar-refractivity contribution in [2.75, 3.05) is 31.6 Å². The van der Waals surface area contributed by atoms with Gasteiger partial charge in [-0.3, -0.25) is 9.59 Å². The fourth-order valence-electron chi connectivity index (χ4n) is 3.31. The smallest absolute Gasteiger partial charge is 0.244 e. The maximum Gasteiger partial charge on any atom is 0.244 e. The largest absolute Gasteiger partial charge is 0.489 e. The number of fused-ring (bicyclic) bond motifs is 1. The minimum atomic E-state index is -0.220. The van der Waals surface area contributed by atoms with E-state index >= 15 is 0 Å². The molecule has 0 saturated carbocycles. The lowest BCUT2D eigenvalue weighted by Gasteiger charge is -2.22. The number of rotatable bonds is 7. The van der Waals surface area contributed by atoms with Crippen molar-refractivity contribution in [2.45, 2.75) is 33.1 Å². The van der Waals surface area contributed by atoms with Crippen LogP contribution in [0.4, 0.5) is 5.69 Å². The topological polar surface area (TPSA) is 67.9 Å². The lowest BCUT2D eigenvalue weighted by atomic mass is 10.1. The molecule has 160 valence electrons. The van der Waals surface area contributed by atoms with Crippen LogP contribution in [0.2, 0.25) is 5.02 Å². The third-order valence-electron chi connectivity index (χ3n) is 4.82. The summed E-state index contributed by atoms with van der Waals surface area (Å²) in [6, 6.07) is 11.1. The Balaban J connectivity index is 1.68. The molecule has 0 aromatic heterocycles. The Morgan fingerprint density at radius 2 is 1.93 bits per heavy atom. The van der Waals surface area contributed by atoms with Gasteiger partial charge in [-0.15, -0.1) is 0 Å². The molecule has 2 amide bonds. The fourth-order valence-corrected chi connectivity index (χ4v) is 3.60. The molecule has 2 aromatic rings. The van der Waals surface area contributed by atoms with E-state index in [4.69, 9.17) is 21.1 Å². The van der Waals surface area contributed by atoms with Crippen LogP contribution >= 0.6 is 11.6 Å². The van der Waals surface area contributed by atoms with E-state index in [0.29, 0.717) is 36.3 Å². The van der Waals surface area contributed by atoms with Crippen molar-refractivity contribution in [1.82, 2.24) is 4.90 Å². The van der Waals surface area contributed by atoms with Crippen molar-refractivity contribution in [3.8, 4) is 11.5 Å². The number of carbonyl (C=O) groups is 2. The van der Waals surface area contributed by atoms with E-state index in [1.165, 1.54) is 0 Å². The van der Waals surface area contributed by atoms with Gasteiger partial charge in [0, 0.05) is 18.7 Å². The first-order valence-corrected chi connectivity index (χ1v) is 10.6. The molecule has 0 radical (unpaired) electrons. The quantitative estimate of drug-likeness (QED) is 0.713. The first-order chi connectivity index (χ1) is 14.5. The van der Waals surface area contributed by atoms with Gasteiger partial charge >= 0.3 is 0 Å². The summed E-state index contributed by atoms with van der Waals surface area (Å²) in [5, 5.41) is 3.31. The number of amides is 2. The van der Waals surface area contributed by atoms with Crippen LogP contribution < -0.4 is 14.8 Å². The summed E-state index contributed by atoms with van der Waals surface area (Å²) in [6.45, 7) is 5.49. The zero-order chi connectivity index (χ0) is 21.5. The number of nitrogens with one attached hydrogen (secondary N) is 1. The maximum absolute atomic E-state index is 12.9. The lowest BCUT2D eigenvalue weighted by molar-refractivity contribution is -0.134. The summed E-state index contributed by atoms with van der Waals surface area (Å²) < 4.78 is 11.3. The highest BCUT2D eigenvalue weighted by Crippen LogP contribution is 2.38. The molecule has 7 heteroatoms. The lowest BCUT2D eigenvalue weighted by Crippen LogP contribution is -2.39. The van der Waals surface area contributed by atoms with Gasteiger partial charge in [-0.1, -0.05) is 36.7 Å². The molecule has 1 N–H and O–H groups in total. The molecule has 0 aliphatic carbocycles. The van der Waals surface area contributed by atoms with E-state index in [1.807, 2.05) is 38.1 Å². The Labute approximate surface area is 182 Å². The number of carbonyl (C=O) groups excluding carboxylic acids is 2. The number of benzene rings is 2. The summed E-state index contributed by atoms with van der Waals surface area (Å²) in [7, 11) is 0. The molecule has 3 rings (SSSR count). The highest BCUT2D eigenvalue weighted by Gasteiger charge is 2.20. The molecular formula is C23H27ClN2O4. The van der Waals surface area contributed by atoms with Gasteiger partial charge in [0.25, 0.3) is 0 Å². The third-order valence-corrected chi connectivity index (χ3v) is 5.10. The second-order valence-electron chi connectivity index (χ2n) is 7.31. The molecule has 6 nitrogen and oxygen atoms in total. The van der Waals surface area contributed by atoms with Gasteiger partial charge in [0.2, 0.25) is 11.8 Å². The third kappa shape index (κ3) is 5.66. The van der Waals surface area contributed by atoms with Gasteiger partial charge in [-0.25, -0.2) is 0 Å². The summed E-state index contributed by atoms with van der Waals surface area (Å²) in [5.74, 6) is 0.723. The Morgan fingerprint density at radius 1 is 1.17 bits per heavy atom. The van der Waals surface area contributed by atoms with Gasteiger partial charge in [0.15, 0.2) is 11.5 Å². The molecule has 1 aliphatic rings. The number of hydrogen-bond donors (Lipinski definition) is 1. The number of halogens is 1. The summed E-state index contributed by atoms with van der Waals surface area (Å²) in [5.41, 5.74) is 2.46. The number of para-hydroxylation sites is 1. The molecule has 2 aromatic carbocycles. The van der Waals surface area contributed by atoms with Crippen LogP contribution in [0.5, 0.6) is 11.5 Å². The van der Waals surface area contributed by atoms with Gasteiger partial charge in [0.1, 0.15) is 0 Å². The van der Waals surface area contributed by atoms with Crippen LogP contribution in [0.25, 0.3) is 0 Å². The molecular weight excluding hydrogens is 404 g/mol. The standard InChI is InChI=1S/C23H27ClN2O4/c1-3-9-26(15-21(27)25-19-8-5-4-7-16(19)2)22(28)14-17-12-18(24)23-20(13-17)29-10-6-11-30-23/h4-5,7-8,12-13H,3,6,9-11,14-15H2,1-2H3,(H,25,27). The highest BCUT2D eigenvalue weighted by molar-refractivity contribution is 6.32. The molecule has 30 heavy (non-hydrogen) atoms. The average molecular weight is 431 g/mol. The Kier molecular flexibility index (Phi) is 7.57. The van der Waals surface area contributed by atoms with Crippen LogP contribution in [0.15, 0.2) is 36.4 Å². The molecule has 1 aliphatic heterocycles. The monoisotopic (exact) mass is 430 g/mol. The van der Waals surface area contributed by atoms with E-state index < -0.39 is 0 Å². The number of aryl methyl sites for hydroxylation is 1. The van der Waals surface area contributed by atoms with E-state index in [-0.39, 0.29) is 24.8 Å². The predicted molar refractivity (Wildman–Crippen MR) is 117 cm³/mol. The van der Waals surface area contributed by atoms with Crippen molar-refractivity contribution in [1.29, 1.82) is 0 Å². The molecule has 0 spiro atoms. The number of nitrogens with zero attached hydrogens (tertiary/aromatic N) is 1. The normalized spacial score (nSPS) is 12.8. The number of ether oxygens (including phenoxy) is 2. The van der Waals surface area contributed by atoms with E-state index in [1.54, 1.807) is 17.0 Å². The van der Waals surface area contributed by atoms with Crippen LogP contribution in [-0.4, -0.2) is 43.0 Å². The van der Waals surface area contributed by atoms with Crippen molar-refractivity contribution in [2.24, 2.45) is 0 Å². The Hall–Kier alpha value is -2.73. The summed E-state index contributed by atoms with van der Waals surface area (Å²) in [6.07, 6.45) is 1.67. The van der Waals surface area contributed by atoms with Crippen LogP contribution in [0, 0.1) is 6.92 Å². The zero-order valence-electron chi connectivity index (χ0n) is 17.4. The van der Waals surface area contributed by atoms with Gasteiger partial charge in [-0.2, -0.15) is 0 Å². The zero-order valence-corrected chi connectivity index (χ0v) is 18.1. The van der Waals surface area contributed by atoms with Crippen molar-refractivity contribution in [3.05, 3.63) is 52.5 Å². The van der Waals surface area contributed by atoms with E-state index in [2.05, 4.69) is 5.32 Å². The van der Waals surface area contributed by atoms with E-state index in [9.17, 15) is 9.59 Å². The van der Waals surface area contributed by atoms with Crippen LogP contribution in [0.1, 0.15) is 30.9 Å². The molecule has 0 bridgehead atoms. The fraction of sp³-hybridized carbons (Fsp3) is 0.391. The van der Waals surface area contributed by atoms with Crippen molar-refractivity contribution in [3.63, 3.8) is 0 Å². The van der Waals surface area contributed by atoms with Gasteiger partial charge < -0.3 is 19.7 Å².